The summed E-state index contributed by atoms with van der Waals surface area (Å²) >= 11 is 0. The summed E-state index contributed by atoms with van der Waals surface area (Å²) in [4.78, 5) is 12.2. The second-order valence-corrected chi connectivity index (χ2v) is 7.12. The number of aromatic nitrogens is 1. The van der Waals surface area contributed by atoms with Gasteiger partial charge in [-0.05, 0) is 49.8 Å². The SMILES string of the molecule is CCc1c(-c2ccc(F)cc2)c(C(N)=O)c(C)n1CC1CCCCC1. The zero-order chi connectivity index (χ0) is 18.0. The number of hydrogen-bond acceptors (Lipinski definition) is 1. The Morgan fingerprint density at radius 1 is 1.20 bits per heavy atom. The molecule has 1 aromatic carbocycles. The largest absolute Gasteiger partial charge is 0.366 e. The lowest BCUT2D eigenvalue weighted by Crippen LogP contribution is -2.17. The Morgan fingerprint density at radius 3 is 2.40 bits per heavy atom. The van der Waals surface area contributed by atoms with Crippen LogP contribution in [0.1, 0.15) is 60.8 Å². The van der Waals surface area contributed by atoms with Crippen molar-refractivity contribution < 1.29 is 9.18 Å². The van der Waals surface area contributed by atoms with Crippen LogP contribution in [0, 0.1) is 18.7 Å². The summed E-state index contributed by atoms with van der Waals surface area (Å²) in [5.74, 6) is -0.0263. The molecule has 4 heteroatoms. The van der Waals surface area contributed by atoms with E-state index in [0.717, 1.165) is 35.5 Å². The molecule has 134 valence electrons. The van der Waals surface area contributed by atoms with E-state index in [9.17, 15) is 9.18 Å². The highest BCUT2D eigenvalue weighted by Gasteiger charge is 2.25. The summed E-state index contributed by atoms with van der Waals surface area (Å²) in [5.41, 5.74) is 10.1. The normalized spacial score (nSPS) is 15.5. The molecule has 0 saturated heterocycles. The summed E-state index contributed by atoms with van der Waals surface area (Å²) < 4.78 is 15.6. The molecule has 0 radical (unpaired) electrons. The van der Waals surface area contributed by atoms with Crippen molar-refractivity contribution in [1.29, 1.82) is 0 Å². The second-order valence-electron chi connectivity index (χ2n) is 7.12. The number of hydrogen-bond donors (Lipinski definition) is 1. The lowest BCUT2D eigenvalue weighted by atomic mass is 9.89. The molecule has 0 bridgehead atoms. The van der Waals surface area contributed by atoms with Gasteiger partial charge in [0.15, 0.2) is 0 Å². The van der Waals surface area contributed by atoms with E-state index in [1.165, 1.54) is 44.2 Å². The molecule has 25 heavy (non-hydrogen) atoms. The average molecular weight is 342 g/mol. The Labute approximate surface area is 149 Å². The molecule has 1 saturated carbocycles. The molecule has 0 spiro atoms. The maximum Gasteiger partial charge on any atom is 0.251 e. The van der Waals surface area contributed by atoms with Crippen LogP contribution in [0.4, 0.5) is 4.39 Å². The number of amides is 1. The molecule has 0 atom stereocenters. The van der Waals surface area contributed by atoms with E-state index in [0.29, 0.717) is 11.5 Å². The molecule has 1 fully saturated rings. The number of nitrogens with two attached hydrogens (primary N) is 1. The number of nitrogens with zero attached hydrogens (tertiary/aromatic N) is 1. The van der Waals surface area contributed by atoms with Gasteiger partial charge < -0.3 is 10.3 Å². The summed E-state index contributed by atoms with van der Waals surface area (Å²) in [6.45, 7) is 5.02. The van der Waals surface area contributed by atoms with Gasteiger partial charge in [-0.15, -0.1) is 0 Å². The smallest absolute Gasteiger partial charge is 0.251 e. The predicted octanol–water partition coefficient (Wildman–Crippen LogP) is 4.84. The highest BCUT2D eigenvalue weighted by atomic mass is 19.1. The molecule has 1 aromatic heterocycles. The van der Waals surface area contributed by atoms with Gasteiger partial charge in [-0.25, -0.2) is 4.39 Å². The van der Waals surface area contributed by atoms with Gasteiger partial charge in [-0.3, -0.25) is 4.79 Å². The van der Waals surface area contributed by atoms with Gasteiger partial charge >= 0.3 is 0 Å². The standard InChI is InChI=1S/C21H27FN2O/c1-3-18-20(16-9-11-17(22)12-10-16)19(21(23)25)14(2)24(18)13-15-7-5-4-6-8-15/h9-12,15H,3-8,13H2,1-2H3,(H2,23,25). The second kappa shape index (κ2) is 7.42. The van der Waals surface area contributed by atoms with Gasteiger partial charge in [0.1, 0.15) is 5.82 Å². The van der Waals surface area contributed by atoms with Crippen LogP contribution in [0.25, 0.3) is 11.1 Å². The number of carbonyl (C=O) groups excluding carboxylic acids is 1. The van der Waals surface area contributed by atoms with Crippen molar-refractivity contribution in [2.24, 2.45) is 11.7 Å². The molecule has 1 aliphatic rings. The number of rotatable bonds is 5. The third-order valence-electron chi connectivity index (χ3n) is 5.51. The quantitative estimate of drug-likeness (QED) is 0.830. The van der Waals surface area contributed by atoms with Crippen LogP contribution in [0.5, 0.6) is 0 Å². The minimum Gasteiger partial charge on any atom is -0.366 e. The van der Waals surface area contributed by atoms with Crippen LogP contribution < -0.4 is 5.73 Å². The van der Waals surface area contributed by atoms with E-state index in [1.807, 2.05) is 6.92 Å². The Balaban J connectivity index is 2.10. The molecule has 1 amide bonds. The molecule has 0 aliphatic heterocycles. The zero-order valence-electron chi connectivity index (χ0n) is 15.1. The molecule has 2 aromatic rings. The number of halogens is 1. The monoisotopic (exact) mass is 342 g/mol. The molecule has 0 unspecified atom stereocenters. The lowest BCUT2D eigenvalue weighted by Gasteiger charge is -2.24. The molecule has 1 aliphatic carbocycles. The topological polar surface area (TPSA) is 48.0 Å². The van der Waals surface area contributed by atoms with Gasteiger partial charge in [0, 0.05) is 23.5 Å². The van der Waals surface area contributed by atoms with Crippen molar-refractivity contribution in [3.05, 3.63) is 47.0 Å². The molecule has 3 rings (SSSR count). The first-order chi connectivity index (χ1) is 12.0. The number of benzene rings is 1. The summed E-state index contributed by atoms with van der Waals surface area (Å²) in [6, 6.07) is 6.35. The Bertz CT molecular complexity index is 755. The highest BCUT2D eigenvalue weighted by molar-refractivity contribution is 6.02. The van der Waals surface area contributed by atoms with Gasteiger partial charge in [-0.1, -0.05) is 38.3 Å². The fraction of sp³-hybridized carbons (Fsp3) is 0.476. The third kappa shape index (κ3) is 3.48. The maximum absolute atomic E-state index is 13.3. The molecule has 3 nitrogen and oxygen atoms in total. The van der Waals surface area contributed by atoms with Crippen molar-refractivity contribution in [2.75, 3.05) is 0 Å². The molecular weight excluding hydrogens is 315 g/mol. The third-order valence-corrected chi connectivity index (χ3v) is 5.51. The van der Waals surface area contributed by atoms with Crippen LogP contribution in [-0.2, 0) is 13.0 Å². The zero-order valence-corrected chi connectivity index (χ0v) is 15.1. The van der Waals surface area contributed by atoms with Crippen LogP contribution in [0.2, 0.25) is 0 Å². The Morgan fingerprint density at radius 2 is 1.84 bits per heavy atom. The molecule has 1 heterocycles. The minimum absolute atomic E-state index is 0.277. The highest BCUT2D eigenvalue weighted by Crippen LogP contribution is 2.35. The minimum atomic E-state index is -0.408. The fourth-order valence-corrected chi connectivity index (χ4v) is 4.27. The van der Waals surface area contributed by atoms with E-state index in [2.05, 4.69) is 11.5 Å². The van der Waals surface area contributed by atoms with Crippen molar-refractivity contribution in [1.82, 2.24) is 4.57 Å². The first-order valence-corrected chi connectivity index (χ1v) is 9.30. The predicted molar refractivity (Wildman–Crippen MR) is 99.0 cm³/mol. The van der Waals surface area contributed by atoms with Crippen LogP contribution >= 0.6 is 0 Å². The maximum atomic E-state index is 13.3. The van der Waals surface area contributed by atoms with E-state index in [1.54, 1.807) is 12.1 Å². The average Bonchev–Trinajstić information content (AvgIpc) is 2.88. The van der Waals surface area contributed by atoms with E-state index >= 15 is 0 Å². The lowest BCUT2D eigenvalue weighted by molar-refractivity contribution is 0.1000. The summed E-state index contributed by atoms with van der Waals surface area (Å²) in [5, 5.41) is 0. The van der Waals surface area contributed by atoms with Gasteiger partial charge in [0.25, 0.3) is 5.91 Å². The summed E-state index contributed by atoms with van der Waals surface area (Å²) in [6.07, 6.45) is 7.22. The van der Waals surface area contributed by atoms with Crippen molar-refractivity contribution in [3.8, 4) is 11.1 Å². The Kier molecular flexibility index (Phi) is 5.26. The first-order valence-electron chi connectivity index (χ1n) is 9.30. The van der Waals surface area contributed by atoms with Crippen molar-refractivity contribution >= 4 is 5.91 Å². The number of primary amides is 1. The summed E-state index contributed by atoms with van der Waals surface area (Å²) in [7, 11) is 0. The van der Waals surface area contributed by atoms with Crippen molar-refractivity contribution in [3.63, 3.8) is 0 Å². The van der Waals surface area contributed by atoms with Gasteiger partial charge in [0.2, 0.25) is 0 Å². The molecule has 2 N–H and O–H groups in total. The van der Waals surface area contributed by atoms with E-state index < -0.39 is 5.91 Å². The van der Waals surface area contributed by atoms with Gasteiger partial charge in [0.05, 0.1) is 5.56 Å². The van der Waals surface area contributed by atoms with Crippen molar-refractivity contribution in [2.45, 2.75) is 58.9 Å². The van der Waals surface area contributed by atoms with Crippen LogP contribution in [0.15, 0.2) is 24.3 Å². The first kappa shape index (κ1) is 17.7. The Hall–Kier alpha value is -2.10. The van der Waals surface area contributed by atoms with Gasteiger partial charge in [-0.2, -0.15) is 0 Å². The molecular formula is C21H27FN2O. The fourth-order valence-electron chi connectivity index (χ4n) is 4.27. The van der Waals surface area contributed by atoms with E-state index in [4.69, 9.17) is 5.73 Å². The van der Waals surface area contributed by atoms with Crippen LogP contribution in [0.3, 0.4) is 0 Å². The number of carbonyl (C=O) groups is 1. The van der Waals surface area contributed by atoms with Crippen LogP contribution in [-0.4, -0.2) is 10.5 Å². The van der Waals surface area contributed by atoms with E-state index in [-0.39, 0.29) is 5.82 Å².